The average molecular weight is 253 g/mol. The first-order chi connectivity index (χ1) is 9.18. The van der Waals surface area contributed by atoms with Crippen LogP contribution in [0.3, 0.4) is 0 Å². The van der Waals surface area contributed by atoms with Gasteiger partial charge in [-0.15, -0.1) is 0 Å². The molecular formula is C14H11N3O2. The van der Waals surface area contributed by atoms with Crippen LogP contribution < -0.4 is 0 Å². The number of rotatable bonds is 2. The van der Waals surface area contributed by atoms with Gasteiger partial charge in [-0.2, -0.15) is 0 Å². The number of non-ortho nitro benzene ring substituents is 1. The number of pyridine rings is 1. The number of nitrogens with zero attached hydrogens (tertiary/aromatic N) is 3. The van der Waals surface area contributed by atoms with Crippen molar-refractivity contribution in [2.24, 2.45) is 7.05 Å². The molecule has 0 N–H and O–H groups in total. The van der Waals surface area contributed by atoms with Crippen molar-refractivity contribution in [3.8, 4) is 11.3 Å². The van der Waals surface area contributed by atoms with Crippen molar-refractivity contribution in [3.05, 3.63) is 58.9 Å². The van der Waals surface area contributed by atoms with E-state index in [0.29, 0.717) is 10.9 Å². The fourth-order valence-electron chi connectivity index (χ4n) is 2.26. The van der Waals surface area contributed by atoms with Gasteiger partial charge in [-0.1, -0.05) is 0 Å². The van der Waals surface area contributed by atoms with E-state index in [1.165, 1.54) is 6.07 Å². The molecule has 0 spiro atoms. The molecule has 2 heterocycles. The number of aryl methyl sites for hydroxylation is 1. The SMILES string of the molecule is Cn1cccc1-c1ccc([N+](=O)[O-])c2cccnc12. The molecule has 94 valence electrons. The van der Waals surface area contributed by atoms with Crippen LogP contribution in [0.15, 0.2) is 48.8 Å². The topological polar surface area (TPSA) is 61.0 Å². The molecule has 0 fully saturated rings. The van der Waals surface area contributed by atoms with Crippen LogP contribution in [0.2, 0.25) is 0 Å². The highest BCUT2D eigenvalue weighted by Crippen LogP contribution is 2.32. The summed E-state index contributed by atoms with van der Waals surface area (Å²) in [5.41, 5.74) is 2.62. The summed E-state index contributed by atoms with van der Waals surface area (Å²) < 4.78 is 1.97. The van der Waals surface area contributed by atoms with Crippen LogP contribution in [-0.2, 0) is 7.05 Å². The molecule has 2 aromatic heterocycles. The van der Waals surface area contributed by atoms with Gasteiger partial charge in [0.2, 0.25) is 0 Å². The number of aromatic nitrogens is 2. The smallest absolute Gasteiger partial charge is 0.278 e. The number of fused-ring (bicyclic) bond motifs is 1. The minimum absolute atomic E-state index is 0.0843. The van der Waals surface area contributed by atoms with E-state index >= 15 is 0 Å². The fraction of sp³-hybridized carbons (Fsp3) is 0.0714. The molecule has 0 aliphatic carbocycles. The summed E-state index contributed by atoms with van der Waals surface area (Å²) in [5, 5.41) is 11.6. The Morgan fingerprint density at radius 2 is 2.05 bits per heavy atom. The average Bonchev–Trinajstić information content (AvgIpc) is 2.83. The van der Waals surface area contributed by atoms with Gasteiger partial charge in [0.05, 0.1) is 15.8 Å². The van der Waals surface area contributed by atoms with Crippen molar-refractivity contribution in [1.82, 2.24) is 9.55 Å². The number of benzene rings is 1. The van der Waals surface area contributed by atoms with Gasteiger partial charge in [0, 0.05) is 36.8 Å². The van der Waals surface area contributed by atoms with Gasteiger partial charge in [0.25, 0.3) is 5.69 Å². The summed E-state index contributed by atoms with van der Waals surface area (Å²) in [6.07, 6.45) is 3.59. The van der Waals surface area contributed by atoms with E-state index in [4.69, 9.17) is 0 Å². The Morgan fingerprint density at radius 1 is 1.21 bits per heavy atom. The van der Waals surface area contributed by atoms with E-state index in [1.807, 2.05) is 29.9 Å². The fourth-order valence-corrected chi connectivity index (χ4v) is 2.26. The van der Waals surface area contributed by atoms with Gasteiger partial charge in [-0.05, 0) is 30.3 Å². The number of nitro groups is 1. The first-order valence-corrected chi connectivity index (χ1v) is 5.82. The van der Waals surface area contributed by atoms with E-state index < -0.39 is 0 Å². The molecule has 3 rings (SSSR count). The van der Waals surface area contributed by atoms with E-state index in [0.717, 1.165) is 11.3 Å². The molecule has 0 amide bonds. The lowest BCUT2D eigenvalue weighted by Crippen LogP contribution is -1.95. The molecule has 19 heavy (non-hydrogen) atoms. The van der Waals surface area contributed by atoms with Crippen molar-refractivity contribution in [3.63, 3.8) is 0 Å². The van der Waals surface area contributed by atoms with E-state index in [-0.39, 0.29) is 10.6 Å². The molecule has 0 bridgehead atoms. The zero-order valence-electron chi connectivity index (χ0n) is 10.3. The molecule has 3 aromatic rings. The Labute approximate surface area is 109 Å². The molecule has 0 aliphatic rings. The van der Waals surface area contributed by atoms with E-state index in [2.05, 4.69) is 4.98 Å². The lowest BCUT2D eigenvalue weighted by molar-refractivity contribution is -0.383. The lowest BCUT2D eigenvalue weighted by atomic mass is 10.1. The molecule has 0 radical (unpaired) electrons. The number of hydrogen-bond acceptors (Lipinski definition) is 3. The second kappa shape index (κ2) is 4.20. The van der Waals surface area contributed by atoms with Gasteiger partial charge in [0.15, 0.2) is 0 Å². The Bertz CT molecular complexity index is 777. The summed E-state index contributed by atoms with van der Waals surface area (Å²) in [6, 6.07) is 10.6. The quantitative estimate of drug-likeness (QED) is 0.520. The first kappa shape index (κ1) is 11.4. The Kier molecular flexibility index (Phi) is 2.52. The Hall–Kier alpha value is -2.69. The van der Waals surface area contributed by atoms with Crippen LogP contribution in [0.1, 0.15) is 0 Å². The Morgan fingerprint density at radius 3 is 2.74 bits per heavy atom. The lowest BCUT2D eigenvalue weighted by Gasteiger charge is -2.07. The minimum atomic E-state index is -0.376. The maximum Gasteiger partial charge on any atom is 0.278 e. The van der Waals surface area contributed by atoms with Crippen LogP contribution in [0, 0.1) is 10.1 Å². The molecule has 1 aromatic carbocycles. The zero-order valence-corrected chi connectivity index (χ0v) is 10.3. The van der Waals surface area contributed by atoms with E-state index in [1.54, 1.807) is 24.4 Å². The normalized spacial score (nSPS) is 10.8. The monoisotopic (exact) mass is 253 g/mol. The second-order valence-corrected chi connectivity index (χ2v) is 4.29. The van der Waals surface area contributed by atoms with Crippen LogP contribution >= 0.6 is 0 Å². The molecular weight excluding hydrogens is 242 g/mol. The number of hydrogen-bond donors (Lipinski definition) is 0. The standard InChI is InChI=1S/C14H11N3O2/c1-16-9-3-5-12(16)11-6-7-13(17(18)19)10-4-2-8-15-14(10)11/h2-9H,1H3. The predicted octanol–water partition coefficient (Wildman–Crippen LogP) is 3.15. The summed E-state index contributed by atoms with van der Waals surface area (Å²) in [7, 11) is 1.94. The highest BCUT2D eigenvalue weighted by Gasteiger charge is 2.16. The summed E-state index contributed by atoms with van der Waals surface area (Å²) in [4.78, 5) is 15.0. The Balaban J connectivity index is 2.38. The van der Waals surface area contributed by atoms with Crippen LogP contribution in [-0.4, -0.2) is 14.5 Å². The van der Waals surface area contributed by atoms with Gasteiger partial charge in [0.1, 0.15) is 0 Å². The van der Waals surface area contributed by atoms with Gasteiger partial charge < -0.3 is 4.57 Å². The third-order valence-corrected chi connectivity index (χ3v) is 3.16. The molecule has 0 atom stereocenters. The summed E-state index contributed by atoms with van der Waals surface area (Å²) in [6.45, 7) is 0. The minimum Gasteiger partial charge on any atom is -0.351 e. The summed E-state index contributed by atoms with van der Waals surface area (Å²) in [5.74, 6) is 0. The third-order valence-electron chi connectivity index (χ3n) is 3.16. The van der Waals surface area contributed by atoms with Crippen molar-refractivity contribution < 1.29 is 4.92 Å². The molecule has 5 nitrogen and oxygen atoms in total. The van der Waals surface area contributed by atoms with Gasteiger partial charge in [-0.25, -0.2) is 0 Å². The highest BCUT2D eigenvalue weighted by atomic mass is 16.6. The molecule has 0 aliphatic heterocycles. The zero-order chi connectivity index (χ0) is 13.4. The van der Waals surface area contributed by atoms with E-state index in [9.17, 15) is 10.1 Å². The molecule has 0 unspecified atom stereocenters. The van der Waals surface area contributed by atoms with Crippen LogP contribution in [0.4, 0.5) is 5.69 Å². The van der Waals surface area contributed by atoms with Crippen molar-refractivity contribution in [2.45, 2.75) is 0 Å². The highest BCUT2D eigenvalue weighted by molar-refractivity contribution is 5.98. The van der Waals surface area contributed by atoms with Crippen LogP contribution in [0.5, 0.6) is 0 Å². The predicted molar refractivity (Wildman–Crippen MR) is 72.8 cm³/mol. The first-order valence-electron chi connectivity index (χ1n) is 5.82. The van der Waals surface area contributed by atoms with Crippen molar-refractivity contribution >= 4 is 16.6 Å². The molecule has 0 saturated carbocycles. The van der Waals surface area contributed by atoms with Crippen molar-refractivity contribution in [2.75, 3.05) is 0 Å². The third kappa shape index (κ3) is 1.76. The maximum atomic E-state index is 11.1. The summed E-state index contributed by atoms with van der Waals surface area (Å²) >= 11 is 0. The maximum absolute atomic E-state index is 11.1. The second-order valence-electron chi connectivity index (χ2n) is 4.29. The largest absolute Gasteiger partial charge is 0.351 e. The van der Waals surface area contributed by atoms with Gasteiger partial charge in [-0.3, -0.25) is 15.1 Å². The van der Waals surface area contributed by atoms with Crippen molar-refractivity contribution in [1.29, 1.82) is 0 Å². The molecule has 5 heteroatoms. The van der Waals surface area contributed by atoms with Gasteiger partial charge >= 0.3 is 0 Å². The number of nitro benzene ring substituents is 1. The van der Waals surface area contributed by atoms with Crippen LogP contribution in [0.25, 0.3) is 22.2 Å². The molecule has 0 saturated heterocycles.